The lowest BCUT2D eigenvalue weighted by molar-refractivity contribution is -0.384. The summed E-state index contributed by atoms with van der Waals surface area (Å²) in [5, 5.41) is 31.9. The maximum Gasteiger partial charge on any atom is 0.338 e. The van der Waals surface area contributed by atoms with Gasteiger partial charge in [-0.3, -0.25) is 10.1 Å². The van der Waals surface area contributed by atoms with Gasteiger partial charge in [0.15, 0.2) is 0 Å². The number of carboxylic acids is 1. The normalized spacial score (nSPS) is 16.1. The van der Waals surface area contributed by atoms with Gasteiger partial charge in [-0.25, -0.2) is 4.79 Å². The highest BCUT2D eigenvalue weighted by molar-refractivity contribution is 5.97. The number of rotatable bonds is 5. The summed E-state index contributed by atoms with van der Waals surface area (Å²) in [5.74, 6) is -1.24. The van der Waals surface area contributed by atoms with Crippen LogP contribution in [-0.4, -0.2) is 33.3 Å². The van der Waals surface area contributed by atoms with Gasteiger partial charge in [-0.2, -0.15) is 0 Å². The Labute approximate surface area is 102 Å². The third-order valence-electron chi connectivity index (χ3n) is 3.02. The molecular formula is C11H12N2O5. The lowest BCUT2D eigenvalue weighted by atomic mass is 10.1. The van der Waals surface area contributed by atoms with Gasteiger partial charge in [-0.15, -0.1) is 0 Å². The molecule has 7 heteroatoms. The predicted octanol–water partition coefficient (Wildman–Crippen LogP) is 1.23. The number of carboxylic acid groups (broad SMARTS) is 1. The summed E-state index contributed by atoms with van der Waals surface area (Å²) in [6.45, 7) is -0.182. The van der Waals surface area contributed by atoms with Gasteiger partial charge in [0, 0.05) is 6.07 Å². The van der Waals surface area contributed by atoms with Crippen molar-refractivity contribution in [3.8, 4) is 0 Å². The van der Waals surface area contributed by atoms with Gasteiger partial charge in [0.25, 0.3) is 5.69 Å². The second kappa shape index (κ2) is 4.26. The number of aliphatic hydroxyl groups is 1. The molecule has 0 spiro atoms. The first-order valence-electron chi connectivity index (χ1n) is 5.39. The van der Waals surface area contributed by atoms with Crippen LogP contribution in [-0.2, 0) is 0 Å². The Morgan fingerprint density at radius 1 is 1.50 bits per heavy atom. The van der Waals surface area contributed by atoms with Crippen LogP contribution in [0.25, 0.3) is 0 Å². The van der Waals surface area contributed by atoms with E-state index in [4.69, 9.17) is 5.11 Å². The molecule has 2 rings (SSSR count). The minimum absolute atomic E-state index is 0.0402. The van der Waals surface area contributed by atoms with Gasteiger partial charge in [0.1, 0.15) is 5.69 Å². The van der Waals surface area contributed by atoms with Gasteiger partial charge in [0.2, 0.25) is 0 Å². The average Bonchev–Trinajstić information content (AvgIpc) is 3.09. The number of para-hydroxylation sites is 1. The lowest BCUT2D eigenvalue weighted by Gasteiger charge is -2.17. The minimum Gasteiger partial charge on any atom is -0.478 e. The molecule has 0 aliphatic heterocycles. The Hall–Kier alpha value is -2.15. The van der Waals surface area contributed by atoms with Crippen molar-refractivity contribution in [1.29, 1.82) is 0 Å². The van der Waals surface area contributed by atoms with Gasteiger partial charge in [-0.1, -0.05) is 6.07 Å². The molecule has 1 fully saturated rings. The van der Waals surface area contributed by atoms with Crippen LogP contribution < -0.4 is 5.32 Å². The standard InChI is InChI=1S/C11H12N2O5/c14-6-11(4-5-11)12-9-7(10(15)16)2-1-3-8(9)13(17)18/h1-3,12,14H,4-6H2,(H,15,16). The number of nitrogens with zero attached hydrogens (tertiary/aromatic N) is 1. The van der Waals surface area contributed by atoms with Crippen molar-refractivity contribution in [2.75, 3.05) is 11.9 Å². The molecular weight excluding hydrogens is 240 g/mol. The minimum atomic E-state index is -1.24. The molecule has 0 heterocycles. The summed E-state index contributed by atoms with van der Waals surface area (Å²) in [4.78, 5) is 21.3. The van der Waals surface area contributed by atoms with Crippen LogP contribution >= 0.6 is 0 Å². The first-order valence-corrected chi connectivity index (χ1v) is 5.39. The number of hydrogen-bond donors (Lipinski definition) is 3. The quantitative estimate of drug-likeness (QED) is 0.536. The number of benzene rings is 1. The highest BCUT2D eigenvalue weighted by atomic mass is 16.6. The van der Waals surface area contributed by atoms with Crippen LogP contribution in [0.1, 0.15) is 23.2 Å². The SMILES string of the molecule is O=C(O)c1cccc([N+](=O)[O-])c1NC1(CO)CC1. The molecule has 1 aliphatic carbocycles. The zero-order valence-corrected chi connectivity index (χ0v) is 9.42. The van der Waals surface area contributed by atoms with Gasteiger partial charge in [0.05, 0.1) is 22.6 Å². The third kappa shape index (κ3) is 2.12. The van der Waals surface area contributed by atoms with Gasteiger partial charge in [-0.05, 0) is 18.9 Å². The zero-order valence-electron chi connectivity index (χ0n) is 9.42. The monoisotopic (exact) mass is 252 g/mol. The van der Waals surface area contributed by atoms with Crippen LogP contribution in [0.4, 0.5) is 11.4 Å². The van der Waals surface area contributed by atoms with Crippen LogP contribution in [0.5, 0.6) is 0 Å². The number of nitro groups is 1. The number of hydrogen-bond acceptors (Lipinski definition) is 5. The van der Waals surface area contributed by atoms with E-state index in [9.17, 15) is 20.0 Å². The molecule has 18 heavy (non-hydrogen) atoms. The fourth-order valence-electron chi connectivity index (χ4n) is 1.74. The number of nitro benzene ring substituents is 1. The van der Waals surface area contributed by atoms with Crippen molar-refractivity contribution in [3.05, 3.63) is 33.9 Å². The molecule has 1 aromatic carbocycles. The zero-order chi connectivity index (χ0) is 13.3. The second-order valence-corrected chi connectivity index (χ2v) is 4.33. The molecule has 3 N–H and O–H groups in total. The first-order chi connectivity index (χ1) is 8.49. The fraction of sp³-hybridized carbons (Fsp3) is 0.364. The Bertz CT molecular complexity index is 478. The van der Waals surface area contributed by atoms with Gasteiger partial charge >= 0.3 is 5.97 Å². The molecule has 0 amide bonds. The van der Waals surface area contributed by atoms with E-state index in [1.54, 1.807) is 0 Å². The van der Waals surface area contributed by atoms with E-state index in [0.717, 1.165) is 0 Å². The van der Waals surface area contributed by atoms with E-state index in [2.05, 4.69) is 5.32 Å². The maximum atomic E-state index is 11.1. The number of anilines is 1. The Morgan fingerprint density at radius 3 is 2.61 bits per heavy atom. The molecule has 1 aliphatic rings. The second-order valence-electron chi connectivity index (χ2n) is 4.33. The number of aliphatic hydroxyl groups excluding tert-OH is 1. The molecule has 0 radical (unpaired) electrons. The Balaban J connectivity index is 2.47. The molecule has 0 saturated heterocycles. The number of nitrogens with one attached hydrogen (secondary N) is 1. The molecule has 0 aromatic heterocycles. The highest BCUT2D eigenvalue weighted by Crippen LogP contribution is 2.41. The fourth-order valence-corrected chi connectivity index (χ4v) is 1.74. The van der Waals surface area contributed by atoms with E-state index in [-0.39, 0.29) is 23.5 Å². The summed E-state index contributed by atoms with van der Waals surface area (Å²) in [5.41, 5.74) is -1.11. The van der Waals surface area contributed by atoms with Crippen LogP contribution in [0.2, 0.25) is 0 Å². The first kappa shape index (κ1) is 12.3. The lowest BCUT2D eigenvalue weighted by Crippen LogP contribution is -2.27. The van der Waals surface area contributed by atoms with Gasteiger partial charge < -0.3 is 15.5 Å². The highest BCUT2D eigenvalue weighted by Gasteiger charge is 2.44. The van der Waals surface area contributed by atoms with Crippen molar-refractivity contribution < 1.29 is 19.9 Å². The summed E-state index contributed by atoms with van der Waals surface area (Å²) >= 11 is 0. The summed E-state index contributed by atoms with van der Waals surface area (Å²) in [7, 11) is 0. The van der Waals surface area contributed by atoms with E-state index < -0.39 is 16.4 Å². The van der Waals surface area contributed by atoms with Crippen molar-refractivity contribution in [2.45, 2.75) is 18.4 Å². The number of aromatic carboxylic acids is 1. The summed E-state index contributed by atoms with van der Waals surface area (Å²) in [6, 6.07) is 3.86. The third-order valence-corrected chi connectivity index (χ3v) is 3.02. The Morgan fingerprint density at radius 2 is 2.17 bits per heavy atom. The Kier molecular flexibility index (Phi) is 2.92. The van der Waals surface area contributed by atoms with E-state index in [1.807, 2.05) is 0 Å². The smallest absolute Gasteiger partial charge is 0.338 e. The van der Waals surface area contributed by atoms with E-state index in [0.29, 0.717) is 12.8 Å². The van der Waals surface area contributed by atoms with Crippen molar-refractivity contribution in [1.82, 2.24) is 0 Å². The molecule has 0 atom stereocenters. The summed E-state index contributed by atoms with van der Waals surface area (Å²) in [6.07, 6.45) is 1.32. The number of carbonyl (C=O) groups is 1. The van der Waals surface area contributed by atoms with Crippen LogP contribution in [0.15, 0.2) is 18.2 Å². The van der Waals surface area contributed by atoms with Crippen molar-refractivity contribution in [3.63, 3.8) is 0 Å². The molecule has 7 nitrogen and oxygen atoms in total. The topological polar surface area (TPSA) is 113 Å². The van der Waals surface area contributed by atoms with E-state index >= 15 is 0 Å². The molecule has 0 bridgehead atoms. The van der Waals surface area contributed by atoms with Crippen molar-refractivity contribution >= 4 is 17.3 Å². The largest absolute Gasteiger partial charge is 0.478 e. The van der Waals surface area contributed by atoms with E-state index in [1.165, 1.54) is 18.2 Å². The summed E-state index contributed by atoms with van der Waals surface area (Å²) < 4.78 is 0. The predicted molar refractivity (Wildman–Crippen MR) is 62.7 cm³/mol. The average molecular weight is 252 g/mol. The van der Waals surface area contributed by atoms with Crippen LogP contribution in [0.3, 0.4) is 0 Å². The molecule has 96 valence electrons. The molecule has 0 unspecified atom stereocenters. The van der Waals surface area contributed by atoms with Crippen LogP contribution in [0, 0.1) is 10.1 Å². The maximum absolute atomic E-state index is 11.1. The molecule has 1 aromatic rings. The molecule has 1 saturated carbocycles. The van der Waals surface area contributed by atoms with Crippen molar-refractivity contribution in [2.24, 2.45) is 0 Å².